The number of rotatable bonds is 4. The Morgan fingerprint density at radius 2 is 2.08 bits per heavy atom. The lowest BCUT2D eigenvalue weighted by Gasteiger charge is -2.11. The summed E-state index contributed by atoms with van der Waals surface area (Å²) in [5.74, 6) is 0. The molecule has 1 nitrogen and oxygen atoms in total. The summed E-state index contributed by atoms with van der Waals surface area (Å²) in [7, 11) is 0. The van der Waals surface area contributed by atoms with Gasteiger partial charge in [0, 0.05) is 0 Å². The Balaban J connectivity index is 2.53. The van der Waals surface area contributed by atoms with Crippen molar-refractivity contribution in [1.82, 2.24) is 0 Å². The fraction of sp³-hybridized carbons (Fsp3) is 0.273. The van der Waals surface area contributed by atoms with Gasteiger partial charge in [-0.25, -0.2) is 0 Å². The second-order valence-electron chi connectivity index (χ2n) is 2.67. The van der Waals surface area contributed by atoms with E-state index in [1.165, 1.54) is 5.56 Å². The molecule has 0 saturated carbocycles. The number of hydrogen-bond acceptors (Lipinski definition) is 1. The molecule has 12 heavy (non-hydrogen) atoms. The fourth-order valence-electron chi connectivity index (χ4n) is 1.03. The van der Waals surface area contributed by atoms with Crippen molar-refractivity contribution in [2.75, 3.05) is 6.61 Å². The van der Waals surface area contributed by atoms with E-state index in [0.717, 1.165) is 0 Å². The van der Waals surface area contributed by atoms with Crippen molar-refractivity contribution >= 4 is 0 Å². The van der Waals surface area contributed by atoms with Gasteiger partial charge in [0.2, 0.25) is 0 Å². The molecule has 0 spiro atoms. The van der Waals surface area contributed by atoms with Crippen LogP contribution in [0.25, 0.3) is 0 Å². The zero-order valence-corrected chi connectivity index (χ0v) is 7.36. The van der Waals surface area contributed by atoms with Crippen LogP contribution in [-0.2, 0) is 4.74 Å². The van der Waals surface area contributed by atoms with Crippen LogP contribution >= 0.6 is 0 Å². The summed E-state index contributed by atoms with van der Waals surface area (Å²) < 4.78 is 5.46. The molecule has 0 heterocycles. The average Bonchev–Trinajstić information content (AvgIpc) is 2.15. The Hall–Kier alpha value is -1.08. The van der Waals surface area contributed by atoms with Gasteiger partial charge in [0.25, 0.3) is 0 Å². The van der Waals surface area contributed by atoms with Crippen LogP contribution in [0.15, 0.2) is 43.0 Å². The molecule has 1 aromatic rings. The predicted octanol–water partition coefficient (Wildman–Crippen LogP) is 2.95. The summed E-state index contributed by atoms with van der Waals surface area (Å²) in [6.45, 7) is 6.25. The molecule has 0 fully saturated rings. The topological polar surface area (TPSA) is 9.23 Å². The minimum atomic E-state index is 0.157. The summed E-state index contributed by atoms with van der Waals surface area (Å²) in [4.78, 5) is 0. The molecule has 0 radical (unpaired) electrons. The maximum atomic E-state index is 5.46. The van der Waals surface area contributed by atoms with E-state index >= 15 is 0 Å². The molecule has 0 saturated heterocycles. The smallest absolute Gasteiger partial charge is 0.0801 e. The van der Waals surface area contributed by atoms with Crippen LogP contribution in [0.4, 0.5) is 0 Å². The Kier molecular flexibility index (Phi) is 3.55. The highest BCUT2D eigenvalue weighted by atomic mass is 16.5. The van der Waals surface area contributed by atoms with Crippen LogP contribution in [0.2, 0.25) is 0 Å². The Labute approximate surface area is 73.7 Å². The summed E-state index contributed by atoms with van der Waals surface area (Å²) in [6.07, 6.45) is 1.92. The number of ether oxygens (including phenoxy) is 1. The van der Waals surface area contributed by atoms with Gasteiger partial charge < -0.3 is 4.74 Å². The highest BCUT2D eigenvalue weighted by Crippen LogP contribution is 2.15. The van der Waals surface area contributed by atoms with Gasteiger partial charge in [-0.1, -0.05) is 36.4 Å². The lowest BCUT2D eigenvalue weighted by atomic mass is 10.1. The van der Waals surface area contributed by atoms with Crippen LogP contribution in [0.5, 0.6) is 0 Å². The van der Waals surface area contributed by atoms with E-state index in [1.807, 2.05) is 25.1 Å². The fourth-order valence-corrected chi connectivity index (χ4v) is 1.03. The van der Waals surface area contributed by atoms with Gasteiger partial charge in [-0.2, -0.15) is 0 Å². The van der Waals surface area contributed by atoms with Gasteiger partial charge in [-0.3, -0.25) is 0 Å². The van der Waals surface area contributed by atoms with Crippen LogP contribution in [0.3, 0.4) is 0 Å². The van der Waals surface area contributed by atoms with Crippen molar-refractivity contribution in [3.05, 3.63) is 48.6 Å². The first-order valence-corrected chi connectivity index (χ1v) is 4.12. The lowest BCUT2D eigenvalue weighted by Crippen LogP contribution is -1.99. The largest absolute Gasteiger partial charge is 0.370 e. The van der Waals surface area contributed by atoms with Crippen molar-refractivity contribution in [3.63, 3.8) is 0 Å². The summed E-state index contributed by atoms with van der Waals surface area (Å²) in [5, 5.41) is 0. The van der Waals surface area contributed by atoms with E-state index in [4.69, 9.17) is 4.74 Å². The first kappa shape index (κ1) is 9.01. The van der Waals surface area contributed by atoms with Crippen molar-refractivity contribution in [3.8, 4) is 0 Å². The van der Waals surface area contributed by atoms with Gasteiger partial charge in [-0.05, 0) is 12.5 Å². The Morgan fingerprint density at radius 1 is 1.42 bits per heavy atom. The third-order valence-corrected chi connectivity index (χ3v) is 1.73. The predicted molar refractivity (Wildman–Crippen MR) is 51.0 cm³/mol. The standard InChI is InChI=1S/C11H14O/c1-3-9-12-10(2)11-7-5-4-6-8-11/h3-8,10H,1,9H2,2H3. The molecule has 1 heteroatoms. The summed E-state index contributed by atoms with van der Waals surface area (Å²) in [5.41, 5.74) is 1.21. The third kappa shape index (κ3) is 2.51. The molecule has 1 atom stereocenters. The maximum Gasteiger partial charge on any atom is 0.0801 e. The van der Waals surface area contributed by atoms with E-state index in [9.17, 15) is 0 Å². The average molecular weight is 162 g/mol. The van der Waals surface area contributed by atoms with Crippen molar-refractivity contribution in [2.24, 2.45) is 0 Å². The number of benzene rings is 1. The monoisotopic (exact) mass is 162 g/mol. The zero-order chi connectivity index (χ0) is 8.81. The van der Waals surface area contributed by atoms with Crippen molar-refractivity contribution < 1.29 is 4.74 Å². The summed E-state index contributed by atoms with van der Waals surface area (Å²) >= 11 is 0. The number of hydrogen-bond donors (Lipinski definition) is 0. The second-order valence-corrected chi connectivity index (χ2v) is 2.67. The van der Waals surface area contributed by atoms with Crippen LogP contribution < -0.4 is 0 Å². The van der Waals surface area contributed by atoms with Gasteiger partial charge in [-0.15, -0.1) is 6.58 Å². The molecular formula is C11H14O. The molecule has 64 valence electrons. The first-order chi connectivity index (χ1) is 5.84. The molecule has 0 amide bonds. The normalized spacial score (nSPS) is 12.4. The maximum absolute atomic E-state index is 5.46. The first-order valence-electron chi connectivity index (χ1n) is 4.12. The third-order valence-electron chi connectivity index (χ3n) is 1.73. The van der Waals surface area contributed by atoms with Gasteiger partial charge in [0.1, 0.15) is 0 Å². The minimum absolute atomic E-state index is 0.157. The molecule has 1 rings (SSSR count). The molecule has 1 aromatic carbocycles. The van der Waals surface area contributed by atoms with Crippen molar-refractivity contribution in [1.29, 1.82) is 0 Å². The van der Waals surface area contributed by atoms with Crippen LogP contribution in [-0.4, -0.2) is 6.61 Å². The van der Waals surface area contributed by atoms with Crippen LogP contribution in [0.1, 0.15) is 18.6 Å². The Bertz CT molecular complexity index is 228. The van der Waals surface area contributed by atoms with Gasteiger partial charge >= 0.3 is 0 Å². The van der Waals surface area contributed by atoms with E-state index in [0.29, 0.717) is 6.61 Å². The van der Waals surface area contributed by atoms with Crippen molar-refractivity contribution in [2.45, 2.75) is 13.0 Å². The van der Waals surface area contributed by atoms with E-state index in [2.05, 4.69) is 18.7 Å². The molecular weight excluding hydrogens is 148 g/mol. The second kappa shape index (κ2) is 4.73. The molecule has 0 aliphatic heterocycles. The minimum Gasteiger partial charge on any atom is -0.370 e. The molecule has 0 aliphatic carbocycles. The molecule has 0 bridgehead atoms. The van der Waals surface area contributed by atoms with E-state index in [-0.39, 0.29) is 6.10 Å². The molecule has 0 aliphatic rings. The quantitative estimate of drug-likeness (QED) is 0.618. The van der Waals surface area contributed by atoms with Gasteiger partial charge in [0.05, 0.1) is 12.7 Å². The highest BCUT2D eigenvalue weighted by Gasteiger charge is 2.01. The molecule has 0 N–H and O–H groups in total. The van der Waals surface area contributed by atoms with E-state index < -0.39 is 0 Å². The molecule has 1 unspecified atom stereocenters. The van der Waals surface area contributed by atoms with Crippen LogP contribution in [0, 0.1) is 0 Å². The van der Waals surface area contributed by atoms with E-state index in [1.54, 1.807) is 6.08 Å². The van der Waals surface area contributed by atoms with Gasteiger partial charge in [0.15, 0.2) is 0 Å². The zero-order valence-electron chi connectivity index (χ0n) is 7.36. The Morgan fingerprint density at radius 3 is 2.67 bits per heavy atom. The lowest BCUT2D eigenvalue weighted by molar-refractivity contribution is 0.0888. The highest BCUT2D eigenvalue weighted by molar-refractivity contribution is 5.16. The summed E-state index contributed by atoms with van der Waals surface area (Å²) in [6, 6.07) is 10.2. The SMILES string of the molecule is C=CCOC(C)c1ccccc1. The molecule has 0 aromatic heterocycles.